The van der Waals surface area contributed by atoms with Gasteiger partial charge in [-0.1, -0.05) is 54.1 Å². The van der Waals surface area contributed by atoms with E-state index in [1.54, 1.807) is 24.3 Å². The third-order valence-electron chi connectivity index (χ3n) is 5.14. The Morgan fingerprint density at radius 1 is 0.967 bits per heavy atom. The Balaban J connectivity index is 1.46. The van der Waals surface area contributed by atoms with Crippen LogP contribution in [0.2, 0.25) is 5.02 Å². The summed E-state index contributed by atoms with van der Waals surface area (Å²) in [5.41, 5.74) is 0.619. The first-order chi connectivity index (χ1) is 14.5. The van der Waals surface area contributed by atoms with Gasteiger partial charge in [0, 0.05) is 6.04 Å². The third kappa shape index (κ3) is 3.60. The highest BCUT2D eigenvalue weighted by Crippen LogP contribution is 2.35. The van der Waals surface area contributed by atoms with E-state index in [1.165, 1.54) is 4.31 Å². The fourth-order valence-corrected chi connectivity index (χ4v) is 5.32. The summed E-state index contributed by atoms with van der Waals surface area (Å²) < 4.78 is 34.0. The topological polar surface area (TPSA) is 76.3 Å². The van der Waals surface area contributed by atoms with Crippen LogP contribution >= 0.6 is 11.6 Å². The van der Waals surface area contributed by atoms with Gasteiger partial charge in [-0.25, -0.2) is 8.42 Å². The van der Waals surface area contributed by atoms with Gasteiger partial charge in [0.25, 0.3) is 0 Å². The molecule has 1 aromatic heterocycles. The van der Waals surface area contributed by atoms with Crippen LogP contribution in [-0.4, -0.2) is 29.0 Å². The highest BCUT2D eigenvalue weighted by molar-refractivity contribution is 7.89. The summed E-state index contributed by atoms with van der Waals surface area (Å²) in [4.78, 5) is 0.263. The normalized spacial score (nSPS) is 14.5. The maximum atomic E-state index is 13.4. The first-order valence-electron chi connectivity index (χ1n) is 9.60. The predicted molar refractivity (Wildman–Crippen MR) is 114 cm³/mol. The van der Waals surface area contributed by atoms with E-state index in [9.17, 15) is 8.42 Å². The molecule has 0 radical (unpaired) electrons. The van der Waals surface area contributed by atoms with Crippen molar-refractivity contribution in [1.29, 1.82) is 0 Å². The number of hydrogen-bond donors (Lipinski definition) is 0. The molecule has 1 fully saturated rings. The number of sulfonamides is 1. The molecule has 0 unspecified atom stereocenters. The van der Waals surface area contributed by atoms with Crippen molar-refractivity contribution < 1.29 is 12.8 Å². The van der Waals surface area contributed by atoms with E-state index in [4.69, 9.17) is 16.0 Å². The number of benzene rings is 3. The van der Waals surface area contributed by atoms with Crippen molar-refractivity contribution in [2.75, 3.05) is 0 Å². The Morgan fingerprint density at radius 2 is 1.70 bits per heavy atom. The first-order valence-corrected chi connectivity index (χ1v) is 11.4. The lowest BCUT2D eigenvalue weighted by Gasteiger charge is -2.20. The molecular weight excluding hydrogens is 422 g/mol. The molecule has 0 bridgehead atoms. The Bertz CT molecular complexity index is 1330. The van der Waals surface area contributed by atoms with Gasteiger partial charge in [0.15, 0.2) is 0 Å². The summed E-state index contributed by atoms with van der Waals surface area (Å²) >= 11 is 6.20. The third-order valence-corrected chi connectivity index (χ3v) is 7.37. The summed E-state index contributed by atoms with van der Waals surface area (Å²) in [6.07, 6.45) is 1.64. The van der Waals surface area contributed by atoms with E-state index in [0.29, 0.717) is 10.6 Å². The monoisotopic (exact) mass is 439 g/mol. The number of fused-ring (bicyclic) bond motifs is 1. The van der Waals surface area contributed by atoms with Crippen molar-refractivity contribution >= 4 is 32.4 Å². The molecule has 4 aromatic rings. The molecule has 0 aliphatic heterocycles. The zero-order chi connectivity index (χ0) is 20.7. The van der Waals surface area contributed by atoms with Gasteiger partial charge < -0.3 is 4.42 Å². The smallest absolute Gasteiger partial charge is 0.249 e. The Labute approximate surface area is 179 Å². The molecule has 0 amide bonds. The summed E-state index contributed by atoms with van der Waals surface area (Å²) in [5, 5.41) is 10.5. The molecule has 1 heterocycles. The molecule has 1 aliphatic rings. The second kappa shape index (κ2) is 7.50. The fourth-order valence-electron chi connectivity index (χ4n) is 3.43. The van der Waals surface area contributed by atoms with Gasteiger partial charge in [-0.3, -0.25) is 0 Å². The minimum absolute atomic E-state index is 0.0251. The maximum absolute atomic E-state index is 13.4. The van der Waals surface area contributed by atoms with Crippen LogP contribution in [0.3, 0.4) is 0 Å². The lowest BCUT2D eigenvalue weighted by atomic mass is 10.1. The number of rotatable bonds is 6. The molecule has 0 atom stereocenters. The minimum Gasteiger partial charge on any atom is -0.419 e. The molecule has 6 nitrogen and oxygen atoms in total. The van der Waals surface area contributed by atoms with Crippen molar-refractivity contribution in [3.63, 3.8) is 0 Å². The van der Waals surface area contributed by atoms with Gasteiger partial charge in [0.1, 0.15) is 0 Å². The van der Waals surface area contributed by atoms with Crippen LogP contribution < -0.4 is 0 Å². The second-order valence-corrected chi connectivity index (χ2v) is 9.57. The standard InChI is InChI=1S/C22H18ClN3O3S/c23-20-8-4-3-7-19(20)22-25-24-21(29-22)14-26(17-10-11-17)30(27,28)18-12-9-15-5-1-2-6-16(15)13-18/h1-9,12-13,17H,10-11,14H2. The summed E-state index contributed by atoms with van der Waals surface area (Å²) in [7, 11) is -3.71. The number of halogens is 1. The van der Waals surface area contributed by atoms with Crippen LogP contribution in [0, 0.1) is 0 Å². The van der Waals surface area contributed by atoms with Crippen molar-refractivity contribution in [2.24, 2.45) is 0 Å². The van der Waals surface area contributed by atoms with E-state index in [1.807, 2.05) is 42.5 Å². The van der Waals surface area contributed by atoms with Gasteiger partial charge >= 0.3 is 0 Å². The quantitative estimate of drug-likeness (QED) is 0.427. The molecule has 0 N–H and O–H groups in total. The summed E-state index contributed by atoms with van der Waals surface area (Å²) in [6.45, 7) is 0.0251. The zero-order valence-electron chi connectivity index (χ0n) is 15.9. The van der Waals surface area contributed by atoms with Gasteiger partial charge in [-0.2, -0.15) is 4.31 Å². The average Bonchev–Trinajstić information content (AvgIpc) is 3.49. The first kappa shape index (κ1) is 19.2. The molecule has 30 heavy (non-hydrogen) atoms. The van der Waals surface area contributed by atoms with Gasteiger partial charge in [0.05, 0.1) is 22.0 Å². The van der Waals surface area contributed by atoms with Crippen molar-refractivity contribution in [1.82, 2.24) is 14.5 Å². The molecular formula is C22H18ClN3O3S. The number of hydrogen-bond acceptors (Lipinski definition) is 5. The van der Waals surface area contributed by atoms with Crippen molar-refractivity contribution in [2.45, 2.75) is 30.3 Å². The number of nitrogens with zero attached hydrogens (tertiary/aromatic N) is 3. The van der Waals surface area contributed by atoms with Crippen LogP contribution in [0.15, 0.2) is 76.0 Å². The molecule has 0 spiro atoms. The Kier molecular flexibility index (Phi) is 4.81. The lowest BCUT2D eigenvalue weighted by Crippen LogP contribution is -2.32. The van der Waals surface area contributed by atoms with Crippen LogP contribution in [0.1, 0.15) is 18.7 Å². The largest absolute Gasteiger partial charge is 0.419 e. The van der Waals surface area contributed by atoms with E-state index in [0.717, 1.165) is 23.6 Å². The minimum atomic E-state index is -3.71. The van der Waals surface area contributed by atoms with Gasteiger partial charge in [0.2, 0.25) is 21.8 Å². The van der Waals surface area contributed by atoms with E-state index < -0.39 is 10.0 Å². The number of aromatic nitrogens is 2. The molecule has 1 saturated carbocycles. The van der Waals surface area contributed by atoms with Crippen LogP contribution in [-0.2, 0) is 16.6 Å². The SMILES string of the molecule is O=S(=O)(c1ccc2ccccc2c1)N(Cc1nnc(-c2ccccc2Cl)o1)C1CC1. The van der Waals surface area contributed by atoms with Gasteiger partial charge in [-0.05, 0) is 47.9 Å². The Hall–Kier alpha value is -2.74. The van der Waals surface area contributed by atoms with Crippen molar-refractivity contribution in [3.05, 3.63) is 77.6 Å². The van der Waals surface area contributed by atoms with E-state index >= 15 is 0 Å². The van der Waals surface area contributed by atoms with Crippen LogP contribution in [0.25, 0.3) is 22.2 Å². The maximum Gasteiger partial charge on any atom is 0.249 e. The molecule has 1 aliphatic carbocycles. The van der Waals surface area contributed by atoms with E-state index in [2.05, 4.69) is 10.2 Å². The average molecular weight is 440 g/mol. The molecule has 5 rings (SSSR count). The zero-order valence-corrected chi connectivity index (χ0v) is 17.5. The summed E-state index contributed by atoms with van der Waals surface area (Å²) in [6, 6.07) is 20.0. The van der Waals surface area contributed by atoms with Crippen LogP contribution in [0.4, 0.5) is 0 Å². The van der Waals surface area contributed by atoms with Gasteiger partial charge in [-0.15, -0.1) is 10.2 Å². The highest BCUT2D eigenvalue weighted by Gasteiger charge is 2.39. The van der Waals surface area contributed by atoms with Crippen molar-refractivity contribution in [3.8, 4) is 11.5 Å². The lowest BCUT2D eigenvalue weighted by molar-refractivity contribution is 0.351. The van der Waals surface area contributed by atoms with Crippen LogP contribution in [0.5, 0.6) is 0 Å². The molecule has 3 aromatic carbocycles. The fraction of sp³-hybridized carbons (Fsp3) is 0.182. The highest BCUT2D eigenvalue weighted by atomic mass is 35.5. The van der Waals surface area contributed by atoms with E-state index in [-0.39, 0.29) is 29.3 Å². The second-order valence-electron chi connectivity index (χ2n) is 7.27. The molecule has 152 valence electrons. The predicted octanol–water partition coefficient (Wildman–Crippen LogP) is 4.90. The Morgan fingerprint density at radius 3 is 2.47 bits per heavy atom. The molecule has 8 heteroatoms. The molecule has 0 saturated heterocycles. The summed E-state index contributed by atoms with van der Waals surface area (Å²) in [5.74, 6) is 0.510.